The van der Waals surface area contributed by atoms with E-state index in [0.717, 1.165) is 26.9 Å². The Kier molecular flexibility index (Phi) is 7.88. The van der Waals surface area contributed by atoms with Gasteiger partial charge in [-0.05, 0) is 55.2 Å². The van der Waals surface area contributed by atoms with E-state index in [0.29, 0.717) is 12.1 Å². The lowest BCUT2D eigenvalue weighted by Crippen LogP contribution is -2.44. The van der Waals surface area contributed by atoms with Gasteiger partial charge >= 0.3 is 12.0 Å². The smallest absolute Gasteiger partial charge is 0.346 e. The van der Waals surface area contributed by atoms with Crippen LogP contribution >= 0.6 is 0 Å². The van der Waals surface area contributed by atoms with Gasteiger partial charge in [0.1, 0.15) is 0 Å². The number of hydrogen-bond donors (Lipinski definition) is 0. The second-order valence-corrected chi connectivity index (χ2v) is 10.4. The maximum Gasteiger partial charge on any atom is 0.346 e. The predicted octanol–water partition coefficient (Wildman–Crippen LogP) is 6.47. The molecule has 7 nitrogen and oxygen atoms in total. The van der Waals surface area contributed by atoms with Crippen LogP contribution in [0.2, 0.25) is 0 Å². The summed E-state index contributed by atoms with van der Waals surface area (Å²) in [5.41, 5.74) is 3.77. The number of fused-ring (bicyclic) bond motifs is 1. The lowest BCUT2D eigenvalue weighted by atomic mass is 10.0. The average Bonchev–Trinajstić information content (AvgIpc) is 3.25. The van der Waals surface area contributed by atoms with Gasteiger partial charge in [0.25, 0.3) is 5.56 Å². The lowest BCUT2D eigenvalue weighted by Gasteiger charge is -2.28. The van der Waals surface area contributed by atoms with Crippen molar-refractivity contribution in [1.29, 1.82) is 0 Å². The fraction of sp³-hybridized carbons (Fsp3) is 0.206. The molecule has 7 heteroatoms. The van der Waals surface area contributed by atoms with Crippen molar-refractivity contribution >= 4 is 22.9 Å². The van der Waals surface area contributed by atoms with Crippen LogP contribution in [0.3, 0.4) is 0 Å². The maximum absolute atomic E-state index is 13.9. The molecule has 5 rings (SSSR count). The summed E-state index contributed by atoms with van der Waals surface area (Å²) in [5, 5.41) is 0.269. The molecule has 5 aromatic rings. The number of amides is 1. The molecule has 0 radical (unpaired) electrons. The molecule has 0 atom stereocenters. The normalized spacial score (nSPS) is 11.3. The molecule has 0 saturated carbocycles. The Hall–Kier alpha value is -4.91. The van der Waals surface area contributed by atoms with Crippen molar-refractivity contribution in [2.75, 3.05) is 0 Å². The molecule has 208 valence electrons. The minimum absolute atomic E-state index is 0.172. The molecule has 0 saturated heterocycles. The molecule has 0 spiro atoms. The van der Waals surface area contributed by atoms with Crippen LogP contribution in [-0.2, 0) is 18.3 Å². The number of ether oxygens (including phenoxy) is 1. The van der Waals surface area contributed by atoms with Crippen LogP contribution in [0.4, 0.5) is 4.79 Å². The summed E-state index contributed by atoms with van der Waals surface area (Å²) in [6.45, 7) is 6.18. The molecule has 41 heavy (non-hydrogen) atoms. The van der Waals surface area contributed by atoms with E-state index in [4.69, 9.17) is 4.74 Å². The zero-order valence-electron chi connectivity index (χ0n) is 23.7. The highest BCUT2D eigenvalue weighted by Gasteiger charge is 2.28. The first kappa shape index (κ1) is 27.6. The highest BCUT2D eigenvalue weighted by molar-refractivity contribution is 6.03. The number of esters is 1. The van der Waals surface area contributed by atoms with Gasteiger partial charge in [-0.1, -0.05) is 91.0 Å². The topological polar surface area (TPSA) is 73.5 Å². The molecule has 0 unspecified atom stereocenters. The highest BCUT2D eigenvalue weighted by Crippen LogP contribution is 2.28. The zero-order chi connectivity index (χ0) is 29.1. The van der Waals surface area contributed by atoms with Gasteiger partial charge in [0.05, 0.1) is 16.5 Å². The van der Waals surface area contributed by atoms with Crippen LogP contribution < -0.4 is 5.56 Å². The monoisotopic (exact) mass is 547 g/mol. The van der Waals surface area contributed by atoms with E-state index >= 15 is 0 Å². The first-order chi connectivity index (χ1) is 19.8. The predicted molar refractivity (Wildman–Crippen MR) is 160 cm³/mol. The molecule has 1 aromatic heterocycles. The van der Waals surface area contributed by atoms with Crippen LogP contribution in [0.1, 0.15) is 52.6 Å². The molecule has 0 aliphatic rings. The van der Waals surface area contributed by atoms with Gasteiger partial charge in [-0.3, -0.25) is 9.48 Å². The van der Waals surface area contributed by atoms with Crippen molar-refractivity contribution in [3.05, 3.63) is 141 Å². The number of aryl methyl sites for hydroxylation is 2. The summed E-state index contributed by atoms with van der Waals surface area (Å²) in [6.07, 6.45) is -0.647. The van der Waals surface area contributed by atoms with Crippen molar-refractivity contribution in [1.82, 2.24) is 14.3 Å². The van der Waals surface area contributed by atoms with E-state index in [1.807, 2.05) is 106 Å². The molecule has 4 aromatic carbocycles. The Bertz CT molecular complexity index is 1710. The van der Waals surface area contributed by atoms with Crippen molar-refractivity contribution in [2.24, 2.45) is 7.05 Å². The van der Waals surface area contributed by atoms with Gasteiger partial charge < -0.3 is 9.64 Å². The Labute approximate surface area is 239 Å². The van der Waals surface area contributed by atoms with Crippen LogP contribution in [-0.4, -0.2) is 32.3 Å². The first-order valence-corrected chi connectivity index (χ1v) is 13.6. The molecule has 0 N–H and O–H groups in total. The number of rotatable bonds is 7. The third-order valence-corrected chi connectivity index (χ3v) is 7.38. The number of aromatic nitrogens is 2. The first-order valence-electron chi connectivity index (χ1n) is 13.6. The standard InChI is InChI=1S/C34H33N3O4/c1-23(2)36(22-27-19-12-11-14-24(27)3)34(40)37-32(38)28-20-13-21-29(30(28)35(37)4)33(39)41-31(25-15-7-5-8-16-25)26-17-9-6-10-18-26/h5-21,23,31H,22H2,1-4H3. The molecule has 1 amide bonds. The Balaban J connectivity index is 1.54. The van der Waals surface area contributed by atoms with E-state index in [-0.39, 0.29) is 17.0 Å². The quantitative estimate of drug-likeness (QED) is 0.219. The van der Waals surface area contributed by atoms with Crippen LogP contribution in [0.15, 0.2) is 108 Å². The summed E-state index contributed by atoms with van der Waals surface area (Å²) >= 11 is 0. The molecule has 0 aliphatic carbocycles. The van der Waals surface area contributed by atoms with Crippen LogP contribution in [0.5, 0.6) is 0 Å². The molecule has 1 heterocycles. The minimum atomic E-state index is -0.647. The van der Waals surface area contributed by atoms with Gasteiger partial charge in [0.15, 0.2) is 6.10 Å². The zero-order valence-corrected chi connectivity index (χ0v) is 23.7. The van der Waals surface area contributed by atoms with Gasteiger partial charge in [-0.2, -0.15) is 4.68 Å². The van der Waals surface area contributed by atoms with Crippen LogP contribution in [0.25, 0.3) is 10.9 Å². The Morgan fingerprint density at radius 1 is 0.805 bits per heavy atom. The van der Waals surface area contributed by atoms with E-state index in [1.165, 1.54) is 4.68 Å². The van der Waals surface area contributed by atoms with Gasteiger partial charge in [0.2, 0.25) is 0 Å². The van der Waals surface area contributed by atoms with Crippen molar-refractivity contribution in [3.63, 3.8) is 0 Å². The van der Waals surface area contributed by atoms with Gasteiger partial charge in [-0.15, -0.1) is 0 Å². The third-order valence-electron chi connectivity index (χ3n) is 7.38. The summed E-state index contributed by atoms with van der Waals surface area (Å²) in [5.74, 6) is -0.589. The number of para-hydroxylation sites is 1. The highest BCUT2D eigenvalue weighted by atomic mass is 16.5. The summed E-state index contributed by atoms with van der Waals surface area (Å²) in [7, 11) is 1.62. The van der Waals surface area contributed by atoms with E-state index in [2.05, 4.69) is 0 Å². The van der Waals surface area contributed by atoms with Crippen molar-refractivity contribution < 1.29 is 14.3 Å². The number of nitrogens with zero attached hydrogens (tertiary/aromatic N) is 3. The Morgan fingerprint density at radius 2 is 1.39 bits per heavy atom. The largest absolute Gasteiger partial charge is 0.449 e. The van der Waals surface area contributed by atoms with Gasteiger partial charge in [0, 0.05) is 19.6 Å². The second kappa shape index (κ2) is 11.7. The molecular formula is C34H33N3O4. The second-order valence-electron chi connectivity index (χ2n) is 10.4. The van der Waals surface area contributed by atoms with E-state index in [1.54, 1.807) is 30.1 Å². The number of benzene rings is 4. The SMILES string of the molecule is Cc1ccccc1CN(C(=O)n1c(=O)c2cccc(C(=O)OC(c3ccccc3)c3ccccc3)c2n1C)C(C)C. The molecule has 0 aliphatic heterocycles. The van der Waals surface area contributed by atoms with E-state index in [9.17, 15) is 14.4 Å². The summed E-state index contributed by atoms with van der Waals surface area (Å²) < 4.78 is 8.67. The van der Waals surface area contributed by atoms with Crippen molar-refractivity contribution in [3.8, 4) is 0 Å². The minimum Gasteiger partial charge on any atom is -0.449 e. The molecule has 0 fully saturated rings. The summed E-state index contributed by atoms with van der Waals surface area (Å²) in [6, 6.07) is 31.2. The van der Waals surface area contributed by atoms with Crippen molar-refractivity contribution in [2.45, 2.75) is 39.5 Å². The molecule has 0 bridgehead atoms. The number of carbonyl (C=O) groups is 2. The molecular weight excluding hydrogens is 514 g/mol. The van der Waals surface area contributed by atoms with Crippen LogP contribution in [0, 0.1) is 6.92 Å². The fourth-order valence-corrected chi connectivity index (χ4v) is 5.11. The van der Waals surface area contributed by atoms with Gasteiger partial charge in [-0.25, -0.2) is 9.59 Å². The number of carbonyl (C=O) groups excluding carboxylic acids is 2. The number of hydrogen-bond acceptors (Lipinski definition) is 4. The maximum atomic E-state index is 13.9. The average molecular weight is 548 g/mol. The third kappa shape index (κ3) is 5.43. The lowest BCUT2D eigenvalue weighted by molar-refractivity contribution is 0.0379. The van der Waals surface area contributed by atoms with E-state index < -0.39 is 23.7 Å². The Morgan fingerprint density at radius 3 is 1.98 bits per heavy atom. The fourth-order valence-electron chi connectivity index (χ4n) is 5.11. The summed E-state index contributed by atoms with van der Waals surface area (Å²) in [4.78, 5) is 42.9.